The first kappa shape index (κ1) is 16.6. The van der Waals surface area contributed by atoms with Crippen LogP contribution in [0.3, 0.4) is 0 Å². The number of rotatable bonds is 7. The average Bonchev–Trinajstić information content (AvgIpc) is 3.00. The molecule has 0 aliphatic carbocycles. The highest BCUT2D eigenvalue weighted by atomic mass is 16.5. The molecule has 1 atom stereocenters. The molecular formula is C19H27NO2. The van der Waals surface area contributed by atoms with E-state index in [1.165, 1.54) is 5.56 Å². The highest BCUT2D eigenvalue weighted by Gasteiger charge is 2.16. The topological polar surface area (TPSA) is 29.5 Å². The third-order valence-corrected chi connectivity index (χ3v) is 4.29. The van der Waals surface area contributed by atoms with Crippen molar-refractivity contribution >= 4 is 12.0 Å². The molecule has 0 aromatic heterocycles. The first-order valence-electron chi connectivity index (χ1n) is 8.40. The number of nitrogens with zero attached hydrogens (tertiary/aromatic N) is 1. The van der Waals surface area contributed by atoms with Gasteiger partial charge >= 0.3 is 0 Å². The summed E-state index contributed by atoms with van der Waals surface area (Å²) in [6.45, 7) is 8.00. The van der Waals surface area contributed by atoms with Gasteiger partial charge in [0, 0.05) is 25.1 Å². The normalized spacial score (nSPS) is 14.7. The van der Waals surface area contributed by atoms with Gasteiger partial charge in [-0.25, -0.2) is 0 Å². The Bertz CT molecular complexity index is 536. The number of carbonyl (C=O) groups is 1. The summed E-state index contributed by atoms with van der Waals surface area (Å²) in [5, 5.41) is 0. The monoisotopic (exact) mass is 301 g/mol. The van der Waals surface area contributed by atoms with E-state index in [9.17, 15) is 4.79 Å². The molecule has 1 heterocycles. The maximum Gasteiger partial charge on any atom is 0.246 e. The number of carbonyl (C=O) groups excluding carboxylic acids is 1. The van der Waals surface area contributed by atoms with E-state index in [1.54, 1.807) is 6.08 Å². The van der Waals surface area contributed by atoms with Crippen molar-refractivity contribution in [1.82, 2.24) is 4.90 Å². The van der Waals surface area contributed by atoms with Gasteiger partial charge in [0.05, 0.1) is 6.61 Å². The molecule has 0 saturated carbocycles. The summed E-state index contributed by atoms with van der Waals surface area (Å²) in [7, 11) is 0. The van der Waals surface area contributed by atoms with Gasteiger partial charge in [0.15, 0.2) is 0 Å². The molecule has 1 aromatic carbocycles. The molecule has 0 N–H and O–H groups in total. The summed E-state index contributed by atoms with van der Waals surface area (Å²) in [5.41, 5.74) is 2.30. The predicted octanol–water partition coefficient (Wildman–Crippen LogP) is 4.06. The third-order valence-electron chi connectivity index (χ3n) is 4.29. The van der Waals surface area contributed by atoms with Gasteiger partial charge in [0.25, 0.3) is 0 Å². The van der Waals surface area contributed by atoms with Crippen molar-refractivity contribution in [1.29, 1.82) is 0 Å². The van der Waals surface area contributed by atoms with Gasteiger partial charge in [-0.2, -0.15) is 0 Å². The fraction of sp³-hybridized carbons (Fsp3) is 0.526. The molecule has 1 amide bonds. The first-order valence-corrected chi connectivity index (χ1v) is 8.40. The van der Waals surface area contributed by atoms with Gasteiger partial charge in [0.2, 0.25) is 5.91 Å². The highest BCUT2D eigenvalue weighted by Crippen LogP contribution is 2.26. The van der Waals surface area contributed by atoms with Crippen molar-refractivity contribution in [3.63, 3.8) is 0 Å². The van der Waals surface area contributed by atoms with Crippen molar-refractivity contribution in [2.75, 3.05) is 13.2 Å². The van der Waals surface area contributed by atoms with Crippen LogP contribution < -0.4 is 4.74 Å². The van der Waals surface area contributed by atoms with Crippen LogP contribution in [-0.2, 0) is 11.2 Å². The van der Waals surface area contributed by atoms with Crippen molar-refractivity contribution in [3.8, 4) is 5.75 Å². The summed E-state index contributed by atoms with van der Waals surface area (Å²) in [5.74, 6) is 1.09. The predicted molar refractivity (Wildman–Crippen MR) is 91.0 cm³/mol. The second-order valence-electron chi connectivity index (χ2n) is 5.94. The second kappa shape index (κ2) is 8.02. The summed E-state index contributed by atoms with van der Waals surface area (Å²) in [6, 6.07) is 6.41. The largest absolute Gasteiger partial charge is 0.493 e. The highest BCUT2D eigenvalue weighted by molar-refractivity contribution is 5.92. The van der Waals surface area contributed by atoms with Crippen LogP contribution in [0.25, 0.3) is 6.08 Å². The van der Waals surface area contributed by atoms with Crippen LogP contribution in [0.5, 0.6) is 5.75 Å². The molecule has 0 radical (unpaired) electrons. The lowest BCUT2D eigenvalue weighted by molar-refractivity contribution is -0.128. The molecule has 120 valence electrons. The summed E-state index contributed by atoms with van der Waals surface area (Å²) < 4.78 is 5.51. The van der Waals surface area contributed by atoms with Gasteiger partial charge < -0.3 is 9.64 Å². The van der Waals surface area contributed by atoms with Crippen LogP contribution in [0.1, 0.15) is 51.2 Å². The lowest BCUT2D eigenvalue weighted by atomic mass is 10.1. The molecule has 0 fully saturated rings. The van der Waals surface area contributed by atoms with Crippen molar-refractivity contribution in [2.45, 2.75) is 52.5 Å². The van der Waals surface area contributed by atoms with Crippen LogP contribution in [0.15, 0.2) is 24.3 Å². The summed E-state index contributed by atoms with van der Waals surface area (Å²) in [6.07, 6.45) is 7.73. The van der Waals surface area contributed by atoms with E-state index in [0.29, 0.717) is 0 Å². The van der Waals surface area contributed by atoms with Crippen LogP contribution in [-0.4, -0.2) is 30.0 Å². The Kier molecular flexibility index (Phi) is 6.05. The number of unbranched alkanes of at least 4 members (excludes halogenated alkanes) is 1. The second-order valence-corrected chi connectivity index (χ2v) is 5.94. The van der Waals surface area contributed by atoms with Crippen LogP contribution in [0.2, 0.25) is 0 Å². The molecule has 1 aromatic rings. The molecule has 0 bridgehead atoms. The Balaban J connectivity index is 2.04. The first-order chi connectivity index (χ1) is 10.7. The molecule has 0 saturated heterocycles. The van der Waals surface area contributed by atoms with Crippen molar-refractivity contribution in [2.24, 2.45) is 0 Å². The van der Waals surface area contributed by atoms with Gasteiger partial charge in [0.1, 0.15) is 5.75 Å². The minimum atomic E-state index is 0.111. The number of hydrogen-bond acceptors (Lipinski definition) is 2. The molecular weight excluding hydrogens is 274 g/mol. The Hall–Kier alpha value is -1.77. The Morgan fingerprint density at radius 3 is 2.95 bits per heavy atom. The van der Waals surface area contributed by atoms with E-state index in [0.717, 1.165) is 50.1 Å². The van der Waals surface area contributed by atoms with Gasteiger partial charge in [-0.05, 0) is 49.1 Å². The van der Waals surface area contributed by atoms with Crippen molar-refractivity contribution in [3.05, 3.63) is 35.4 Å². The van der Waals surface area contributed by atoms with Gasteiger partial charge in [-0.3, -0.25) is 4.79 Å². The summed E-state index contributed by atoms with van der Waals surface area (Å²) >= 11 is 0. The molecule has 1 unspecified atom stereocenters. The molecule has 3 nitrogen and oxygen atoms in total. The fourth-order valence-corrected chi connectivity index (χ4v) is 2.67. The molecule has 0 spiro atoms. The molecule has 1 aliphatic heterocycles. The zero-order valence-corrected chi connectivity index (χ0v) is 14.0. The van der Waals surface area contributed by atoms with Crippen LogP contribution in [0, 0.1) is 0 Å². The molecule has 3 heteroatoms. The maximum absolute atomic E-state index is 12.5. The minimum Gasteiger partial charge on any atom is -0.493 e. The number of ether oxygens (including phenoxy) is 1. The lowest BCUT2D eigenvalue weighted by Crippen LogP contribution is -2.37. The van der Waals surface area contributed by atoms with Gasteiger partial charge in [-0.15, -0.1) is 0 Å². The zero-order chi connectivity index (χ0) is 15.9. The van der Waals surface area contributed by atoms with E-state index >= 15 is 0 Å². The number of hydrogen-bond donors (Lipinski definition) is 0. The fourth-order valence-electron chi connectivity index (χ4n) is 2.67. The Labute approximate surface area is 134 Å². The standard InChI is InChI=1S/C19H27NO2/c1-4-6-12-20(15(3)5-2)19(21)10-8-16-7-9-18-17(14-16)11-13-22-18/h7-10,14-15H,4-6,11-13H2,1-3H3/b10-8+. The van der Waals surface area contributed by atoms with E-state index < -0.39 is 0 Å². The summed E-state index contributed by atoms with van der Waals surface area (Å²) in [4.78, 5) is 14.5. The van der Waals surface area contributed by atoms with E-state index in [2.05, 4.69) is 26.8 Å². The molecule has 1 aliphatic rings. The molecule has 22 heavy (non-hydrogen) atoms. The number of amides is 1. The van der Waals surface area contributed by atoms with Crippen molar-refractivity contribution < 1.29 is 9.53 Å². The number of benzene rings is 1. The van der Waals surface area contributed by atoms with E-state index in [-0.39, 0.29) is 11.9 Å². The SMILES string of the molecule is CCCCN(C(=O)/C=C/c1ccc2c(c1)CCO2)C(C)CC. The quantitative estimate of drug-likeness (QED) is 0.711. The average molecular weight is 301 g/mol. The zero-order valence-electron chi connectivity index (χ0n) is 14.0. The van der Waals surface area contributed by atoms with Gasteiger partial charge in [-0.1, -0.05) is 26.3 Å². The number of fused-ring (bicyclic) bond motifs is 1. The Morgan fingerprint density at radius 1 is 1.41 bits per heavy atom. The smallest absolute Gasteiger partial charge is 0.246 e. The third kappa shape index (κ3) is 4.12. The lowest BCUT2D eigenvalue weighted by Gasteiger charge is -2.27. The van der Waals surface area contributed by atoms with E-state index in [4.69, 9.17) is 4.74 Å². The van der Waals surface area contributed by atoms with Crippen LogP contribution >= 0.6 is 0 Å². The van der Waals surface area contributed by atoms with Crippen LogP contribution in [0.4, 0.5) is 0 Å². The molecule has 2 rings (SSSR count). The maximum atomic E-state index is 12.5. The Morgan fingerprint density at radius 2 is 2.23 bits per heavy atom. The van der Waals surface area contributed by atoms with E-state index in [1.807, 2.05) is 23.1 Å². The minimum absolute atomic E-state index is 0.111.